The number of ketones is 1. The van der Waals surface area contributed by atoms with Crippen molar-refractivity contribution in [2.45, 2.75) is 30.9 Å². The maximum atomic E-state index is 15.1. The molecule has 10 nitrogen and oxygen atoms in total. The molecule has 2 saturated heterocycles. The summed E-state index contributed by atoms with van der Waals surface area (Å²) in [7, 11) is -3.93. The fraction of sp³-hybridized carbons (Fsp3) is 0.409. The lowest BCUT2D eigenvalue weighted by atomic mass is 10.1. The predicted molar refractivity (Wildman–Crippen MR) is 122 cm³/mol. The minimum absolute atomic E-state index is 0.00591. The number of sulfonamides is 1. The molecule has 2 aliphatic heterocycles. The van der Waals surface area contributed by atoms with Gasteiger partial charge in [0, 0.05) is 50.9 Å². The molecule has 2 aliphatic rings. The quantitative estimate of drug-likeness (QED) is 0.604. The Morgan fingerprint density at radius 1 is 1.20 bits per heavy atom. The molecule has 0 saturated carbocycles. The van der Waals surface area contributed by atoms with E-state index >= 15 is 8.78 Å². The van der Waals surface area contributed by atoms with E-state index in [-0.39, 0.29) is 61.3 Å². The Kier molecular flexibility index (Phi) is 7.28. The van der Waals surface area contributed by atoms with E-state index in [1.54, 1.807) is 12.1 Å². The van der Waals surface area contributed by atoms with Crippen molar-refractivity contribution in [3.63, 3.8) is 0 Å². The second-order valence-electron chi connectivity index (χ2n) is 8.26. The average Bonchev–Trinajstić information content (AvgIpc) is 3.02. The number of hydrogen-bond acceptors (Lipinski definition) is 8. The highest BCUT2D eigenvalue weighted by molar-refractivity contribution is 7.89. The van der Waals surface area contributed by atoms with Crippen LogP contribution in [0, 0.1) is 11.6 Å². The van der Waals surface area contributed by atoms with E-state index in [0.29, 0.717) is 6.42 Å². The Balaban J connectivity index is 1.48. The van der Waals surface area contributed by atoms with E-state index in [1.807, 2.05) is 0 Å². The molecule has 1 aromatic heterocycles. The van der Waals surface area contributed by atoms with Gasteiger partial charge in [-0.2, -0.15) is 0 Å². The summed E-state index contributed by atoms with van der Waals surface area (Å²) < 4.78 is 62.0. The van der Waals surface area contributed by atoms with Gasteiger partial charge < -0.3 is 14.4 Å². The lowest BCUT2D eigenvalue weighted by molar-refractivity contribution is -0.117. The molecule has 13 heteroatoms. The molecule has 1 N–H and O–H groups in total. The van der Waals surface area contributed by atoms with Crippen LogP contribution in [0.5, 0.6) is 0 Å². The van der Waals surface area contributed by atoms with Gasteiger partial charge in [0.25, 0.3) is 10.0 Å². The summed E-state index contributed by atoms with van der Waals surface area (Å²) in [6.07, 6.45) is 0.661. The van der Waals surface area contributed by atoms with E-state index in [1.165, 1.54) is 24.1 Å². The summed E-state index contributed by atoms with van der Waals surface area (Å²) in [4.78, 5) is 29.8. The number of rotatable bonds is 7. The van der Waals surface area contributed by atoms with Crippen LogP contribution in [0.1, 0.15) is 19.8 Å². The van der Waals surface area contributed by atoms with Crippen LogP contribution in [-0.4, -0.2) is 68.5 Å². The number of aromatic nitrogens is 1. The number of carbonyl (C=O) groups excluding carboxylic acids is 2. The van der Waals surface area contributed by atoms with Gasteiger partial charge in [0.15, 0.2) is 16.7 Å². The molecule has 188 valence electrons. The van der Waals surface area contributed by atoms with Gasteiger partial charge in [-0.1, -0.05) is 6.07 Å². The number of carbonyl (C=O) groups is 2. The average molecular weight is 510 g/mol. The number of anilines is 2. The standard InChI is InChI=1S/C22H25F2N5O5S/c1-15(30)5-6-17-14-28(22(31)34-17)16-12-18(23)21(19(24)13-16)27-9-8-26-29(11-10-27)35(32,33)20-4-2-3-7-25-20/h2-4,7,12-13,17,26H,5-6,8-11,14H2,1H3/t17-/m0/s1. The number of hydrazine groups is 1. The first-order valence-corrected chi connectivity index (χ1v) is 12.5. The zero-order chi connectivity index (χ0) is 25.2. The highest BCUT2D eigenvalue weighted by Gasteiger charge is 2.34. The first-order valence-electron chi connectivity index (χ1n) is 11.1. The third kappa shape index (κ3) is 5.41. The fourth-order valence-corrected chi connectivity index (χ4v) is 5.26. The predicted octanol–water partition coefficient (Wildman–Crippen LogP) is 2.07. The van der Waals surface area contributed by atoms with Gasteiger partial charge >= 0.3 is 6.09 Å². The SMILES string of the molecule is CC(=O)CC[C@H]1CN(c2cc(F)c(N3CCNN(S(=O)(=O)c4ccccn4)CC3)c(F)c2)C(=O)O1. The van der Waals surface area contributed by atoms with Crippen LogP contribution in [0.15, 0.2) is 41.6 Å². The zero-order valence-electron chi connectivity index (χ0n) is 19.0. The van der Waals surface area contributed by atoms with E-state index in [2.05, 4.69) is 10.4 Å². The number of cyclic esters (lactones) is 1. The lowest BCUT2D eigenvalue weighted by Crippen LogP contribution is -2.43. The summed E-state index contributed by atoms with van der Waals surface area (Å²) >= 11 is 0. The molecule has 0 radical (unpaired) electrons. The second kappa shape index (κ2) is 10.2. The number of Topliss-reactive ketones (excluding diaryl/α,β-unsaturated/α-hetero) is 1. The number of halogens is 2. The van der Waals surface area contributed by atoms with Crippen molar-refractivity contribution in [1.82, 2.24) is 14.8 Å². The van der Waals surface area contributed by atoms with Crippen LogP contribution >= 0.6 is 0 Å². The van der Waals surface area contributed by atoms with Crippen molar-refractivity contribution >= 4 is 33.3 Å². The zero-order valence-corrected chi connectivity index (χ0v) is 19.8. The van der Waals surface area contributed by atoms with Gasteiger partial charge in [0.2, 0.25) is 0 Å². The molecule has 0 spiro atoms. The van der Waals surface area contributed by atoms with E-state index in [9.17, 15) is 18.0 Å². The Morgan fingerprint density at radius 2 is 1.94 bits per heavy atom. The van der Waals surface area contributed by atoms with Gasteiger partial charge in [-0.25, -0.2) is 32.4 Å². The molecule has 0 bridgehead atoms. The lowest BCUT2D eigenvalue weighted by Gasteiger charge is -2.25. The smallest absolute Gasteiger partial charge is 0.414 e. The molecule has 0 aliphatic carbocycles. The molecular formula is C22H25F2N5O5S. The minimum Gasteiger partial charge on any atom is -0.444 e. The minimum atomic E-state index is -3.93. The summed E-state index contributed by atoms with van der Waals surface area (Å²) in [6, 6.07) is 6.62. The van der Waals surface area contributed by atoms with Crippen molar-refractivity contribution in [2.75, 3.05) is 42.5 Å². The van der Waals surface area contributed by atoms with Crippen LogP contribution in [0.3, 0.4) is 0 Å². The summed E-state index contributed by atoms with van der Waals surface area (Å²) in [5, 5.41) is -0.137. The largest absolute Gasteiger partial charge is 0.444 e. The monoisotopic (exact) mass is 509 g/mol. The molecule has 1 aromatic carbocycles. The van der Waals surface area contributed by atoms with Crippen LogP contribution in [0.4, 0.5) is 25.0 Å². The Morgan fingerprint density at radius 3 is 2.60 bits per heavy atom. The van der Waals surface area contributed by atoms with Gasteiger partial charge in [-0.05, 0) is 25.5 Å². The number of nitrogens with one attached hydrogen (secondary N) is 1. The number of pyridine rings is 1. The molecule has 1 atom stereocenters. The molecular weight excluding hydrogens is 484 g/mol. The Labute approximate surface area is 201 Å². The van der Waals surface area contributed by atoms with Gasteiger partial charge in [-0.3, -0.25) is 4.90 Å². The summed E-state index contributed by atoms with van der Waals surface area (Å²) in [5.74, 6) is -1.82. The highest BCUT2D eigenvalue weighted by atomic mass is 32.2. The number of hydrogen-bond donors (Lipinski definition) is 1. The molecule has 0 unspecified atom stereocenters. The second-order valence-corrected chi connectivity index (χ2v) is 10.1. The van der Waals surface area contributed by atoms with E-state index in [0.717, 1.165) is 21.4 Å². The van der Waals surface area contributed by atoms with E-state index in [4.69, 9.17) is 4.74 Å². The van der Waals surface area contributed by atoms with Crippen molar-refractivity contribution in [3.05, 3.63) is 48.2 Å². The number of nitrogens with zero attached hydrogens (tertiary/aromatic N) is 4. The molecule has 4 rings (SSSR count). The van der Waals surface area contributed by atoms with Gasteiger partial charge in [-0.15, -0.1) is 4.41 Å². The maximum absolute atomic E-state index is 15.1. The van der Waals surface area contributed by atoms with E-state index < -0.39 is 33.9 Å². The van der Waals surface area contributed by atoms with Crippen LogP contribution in [0.2, 0.25) is 0 Å². The third-order valence-corrected chi connectivity index (χ3v) is 7.42. The Hall–Kier alpha value is -3.16. The van der Waals surface area contributed by atoms with Crippen molar-refractivity contribution < 1.29 is 31.5 Å². The van der Waals surface area contributed by atoms with Gasteiger partial charge in [0.05, 0.1) is 12.2 Å². The number of benzene rings is 1. The van der Waals surface area contributed by atoms with Crippen molar-refractivity contribution in [3.8, 4) is 0 Å². The van der Waals surface area contributed by atoms with Crippen LogP contribution in [-0.2, 0) is 19.6 Å². The first-order chi connectivity index (χ1) is 16.7. The van der Waals surface area contributed by atoms with Crippen LogP contribution < -0.4 is 15.2 Å². The Bertz CT molecular complexity index is 1190. The van der Waals surface area contributed by atoms with Crippen LogP contribution in [0.25, 0.3) is 0 Å². The topological polar surface area (TPSA) is 112 Å². The molecule has 3 heterocycles. The summed E-state index contributed by atoms with van der Waals surface area (Å²) in [6.45, 7) is 1.71. The van der Waals surface area contributed by atoms with Crippen molar-refractivity contribution in [1.29, 1.82) is 0 Å². The normalized spacial score (nSPS) is 19.5. The highest BCUT2D eigenvalue weighted by Crippen LogP contribution is 2.32. The van der Waals surface area contributed by atoms with Gasteiger partial charge in [0.1, 0.15) is 17.6 Å². The third-order valence-electron chi connectivity index (χ3n) is 5.76. The molecule has 2 aromatic rings. The number of ether oxygens (including phenoxy) is 1. The van der Waals surface area contributed by atoms with Crippen molar-refractivity contribution in [2.24, 2.45) is 0 Å². The first kappa shape index (κ1) is 24.9. The molecule has 2 fully saturated rings. The maximum Gasteiger partial charge on any atom is 0.414 e. The molecule has 35 heavy (non-hydrogen) atoms. The number of amides is 1. The molecule has 1 amide bonds. The fourth-order valence-electron chi connectivity index (χ4n) is 4.01. The summed E-state index contributed by atoms with van der Waals surface area (Å²) in [5.41, 5.74) is 2.47.